The lowest BCUT2D eigenvalue weighted by Crippen LogP contribution is -2.29. The molecule has 0 amide bonds. The average Bonchev–Trinajstić information content (AvgIpc) is 2.96. The minimum atomic E-state index is -0.453. The lowest BCUT2D eigenvalue weighted by molar-refractivity contribution is -0.159. The maximum Gasteiger partial charge on any atom is 0.309 e. The number of nitrogens with two attached hydrogens (primary N) is 1. The monoisotopic (exact) mass is 292 g/mol. The van der Waals surface area contributed by atoms with Crippen LogP contribution in [0.3, 0.4) is 0 Å². The van der Waals surface area contributed by atoms with Crippen LogP contribution in [0.4, 0.5) is 0 Å². The lowest BCUT2D eigenvalue weighted by Gasteiger charge is -2.22. The molecule has 21 heavy (non-hydrogen) atoms. The molecule has 2 fully saturated rings. The SMILES string of the molecule is CC(C)(C)OC(=O)C1CC(N)C(n2cc(C3CC3)nn2)C1. The minimum Gasteiger partial charge on any atom is -0.460 e. The molecule has 1 heterocycles. The van der Waals surface area contributed by atoms with E-state index in [-0.39, 0.29) is 24.0 Å². The van der Waals surface area contributed by atoms with Crippen molar-refractivity contribution >= 4 is 5.97 Å². The van der Waals surface area contributed by atoms with E-state index >= 15 is 0 Å². The average molecular weight is 292 g/mol. The first-order valence-corrected chi connectivity index (χ1v) is 7.73. The quantitative estimate of drug-likeness (QED) is 0.859. The molecule has 6 nitrogen and oxygen atoms in total. The van der Waals surface area contributed by atoms with E-state index in [2.05, 4.69) is 10.3 Å². The van der Waals surface area contributed by atoms with Crippen molar-refractivity contribution in [3.05, 3.63) is 11.9 Å². The zero-order valence-corrected chi connectivity index (χ0v) is 13.0. The highest BCUT2D eigenvalue weighted by Gasteiger charge is 2.40. The molecular formula is C15H24N4O2. The van der Waals surface area contributed by atoms with Crippen LogP contribution < -0.4 is 5.73 Å². The van der Waals surface area contributed by atoms with Crippen molar-refractivity contribution in [2.45, 2.75) is 70.1 Å². The molecule has 2 saturated carbocycles. The molecule has 116 valence electrons. The van der Waals surface area contributed by atoms with Gasteiger partial charge in [0.25, 0.3) is 0 Å². The predicted molar refractivity (Wildman–Crippen MR) is 77.6 cm³/mol. The number of aromatic nitrogens is 3. The molecule has 0 saturated heterocycles. The van der Waals surface area contributed by atoms with E-state index < -0.39 is 5.60 Å². The Hall–Kier alpha value is -1.43. The van der Waals surface area contributed by atoms with Gasteiger partial charge >= 0.3 is 5.97 Å². The van der Waals surface area contributed by atoms with Gasteiger partial charge in [-0.1, -0.05) is 5.21 Å². The van der Waals surface area contributed by atoms with Crippen molar-refractivity contribution in [2.75, 3.05) is 0 Å². The number of rotatable bonds is 3. The second-order valence-corrected chi connectivity index (χ2v) is 7.33. The summed E-state index contributed by atoms with van der Waals surface area (Å²) in [5, 5.41) is 8.44. The van der Waals surface area contributed by atoms with Gasteiger partial charge in [0.15, 0.2) is 0 Å². The molecule has 2 aliphatic carbocycles. The summed E-state index contributed by atoms with van der Waals surface area (Å²) in [7, 11) is 0. The number of nitrogens with zero attached hydrogens (tertiary/aromatic N) is 3. The van der Waals surface area contributed by atoms with Crippen LogP contribution in [0.1, 0.15) is 64.1 Å². The summed E-state index contributed by atoms with van der Waals surface area (Å²) in [6.07, 6.45) is 5.74. The standard InChI is InChI=1S/C15H24N4O2/c1-15(2,3)21-14(20)10-6-11(16)13(7-10)19-8-12(17-18-19)9-4-5-9/h8-11,13H,4-7,16H2,1-3H3. The van der Waals surface area contributed by atoms with Crippen LogP contribution in [0.25, 0.3) is 0 Å². The highest BCUT2D eigenvalue weighted by Crippen LogP contribution is 2.40. The summed E-state index contributed by atoms with van der Waals surface area (Å²) in [6.45, 7) is 5.66. The van der Waals surface area contributed by atoms with Crippen molar-refractivity contribution in [1.82, 2.24) is 15.0 Å². The van der Waals surface area contributed by atoms with Crippen molar-refractivity contribution in [1.29, 1.82) is 0 Å². The molecule has 0 aromatic carbocycles. The number of carbonyl (C=O) groups is 1. The van der Waals surface area contributed by atoms with Crippen molar-refractivity contribution in [3.63, 3.8) is 0 Å². The fourth-order valence-corrected chi connectivity index (χ4v) is 2.95. The molecule has 1 aromatic rings. The van der Waals surface area contributed by atoms with E-state index in [4.69, 9.17) is 10.5 Å². The number of carbonyl (C=O) groups excluding carboxylic acids is 1. The van der Waals surface area contributed by atoms with Crippen molar-refractivity contribution < 1.29 is 9.53 Å². The van der Waals surface area contributed by atoms with E-state index in [0.29, 0.717) is 18.8 Å². The van der Waals surface area contributed by atoms with Gasteiger partial charge < -0.3 is 10.5 Å². The van der Waals surface area contributed by atoms with Crippen LogP contribution in [0, 0.1) is 5.92 Å². The summed E-state index contributed by atoms with van der Waals surface area (Å²) >= 11 is 0. The number of hydrogen-bond acceptors (Lipinski definition) is 5. The molecule has 0 spiro atoms. The largest absolute Gasteiger partial charge is 0.460 e. The van der Waals surface area contributed by atoms with Gasteiger partial charge in [-0.05, 0) is 46.5 Å². The maximum atomic E-state index is 12.2. The Morgan fingerprint density at radius 2 is 2.10 bits per heavy atom. The molecule has 0 bridgehead atoms. The summed E-state index contributed by atoms with van der Waals surface area (Å²) in [5.41, 5.74) is 6.81. The van der Waals surface area contributed by atoms with Crippen LogP contribution in [-0.4, -0.2) is 32.6 Å². The summed E-state index contributed by atoms with van der Waals surface area (Å²) in [6, 6.07) is -0.0289. The molecule has 3 atom stereocenters. The first-order chi connectivity index (χ1) is 9.83. The van der Waals surface area contributed by atoms with Gasteiger partial charge in [0.1, 0.15) is 5.60 Å². The van der Waals surface area contributed by atoms with Crippen LogP contribution in [0.15, 0.2) is 6.20 Å². The Labute approximate surface area is 125 Å². The Morgan fingerprint density at radius 1 is 1.38 bits per heavy atom. The number of ether oxygens (including phenoxy) is 1. The lowest BCUT2D eigenvalue weighted by atomic mass is 10.1. The summed E-state index contributed by atoms with van der Waals surface area (Å²) < 4.78 is 7.32. The number of esters is 1. The van der Waals surface area contributed by atoms with Crippen LogP contribution >= 0.6 is 0 Å². The van der Waals surface area contributed by atoms with Crippen molar-refractivity contribution in [3.8, 4) is 0 Å². The third-order valence-corrected chi connectivity index (χ3v) is 4.18. The van der Waals surface area contributed by atoms with Gasteiger partial charge in [-0.3, -0.25) is 4.79 Å². The molecule has 0 aliphatic heterocycles. The molecule has 3 unspecified atom stereocenters. The highest BCUT2D eigenvalue weighted by atomic mass is 16.6. The van der Waals surface area contributed by atoms with Crippen molar-refractivity contribution in [2.24, 2.45) is 11.7 Å². The predicted octanol–water partition coefficient (Wildman–Crippen LogP) is 1.78. The molecule has 6 heteroatoms. The first-order valence-electron chi connectivity index (χ1n) is 7.73. The summed E-state index contributed by atoms with van der Waals surface area (Å²) in [5.74, 6) is 0.291. The van der Waals surface area contributed by atoms with E-state index in [1.807, 2.05) is 31.6 Å². The minimum absolute atomic E-state index is 0.0440. The Balaban J connectivity index is 1.66. The van der Waals surface area contributed by atoms with Crippen LogP contribution in [0.5, 0.6) is 0 Å². The smallest absolute Gasteiger partial charge is 0.309 e. The van der Waals surface area contributed by atoms with E-state index in [9.17, 15) is 4.79 Å². The van der Waals surface area contributed by atoms with Crippen LogP contribution in [-0.2, 0) is 9.53 Å². The summed E-state index contributed by atoms with van der Waals surface area (Å²) in [4.78, 5) is 12.2. The Morgan fingerprint density at radius 3 is 2.71 bits per heavy atom. The van der Waals surface area contributed by atoms with Crippen LogP contribution in [0.2, 0.25) is 0 Å². The van der Waals surface area contributed by atoms with E-state index in [1.54, 1.807) is 0 Å². The molecule has 1 aromatic heterocycles. The van der Waals surface area contributed by atoms with Gasteiger partial charge in [0, 0.05) is 18.2 Å². The maximum absolute atomic E-state index is 12.2. The second kappa shape index (κ2) is 5.09. The van der Waals surface area contributed by atoms with Gasteiger partial charge in [-0.15, -0.1) is 5.10 Å². The normalized spacial score (nSPS) is 29.6. The van der Waals surface area contributed by atoms with E-state index in [1.165, 1.54) is 12.8 Å². The second-order valence-electron chi connectivity index (χ2n) is 7.33. The topological polar surface area (TPSA) is 83.0 Å². The van der Waals surface area contributed by atoms with Gasteiger partial charge in [0.2, 0.25) is 0 Å². The molecular weight excluding hydrogens is 268 g/mol. The van der Waals surface area contributed by atoms with E-state index in [0.717, 1.165) is 5.69 Å². The third-order valence-electron chi connectivity index (χ3n) is 4.18. The third kappa shape index (κ3) is 3.26. The Kier molecular flexibility index (Phi) is 3.51. The first kappa shape index (κ1) is 14.5. The zero-order valence-electron chi connectivity index (χ0n) is 13.0. The molecule has 3 rings (SSSR count). The molecule has 2 aliphatic rings. The van der Waals surface area contributed by atoms with Gasteiger partial charge in [-0.25, -0.2) is 4.68 Å². The molecule has 0 radical (unpaired) electrons. The fourth-order valence-electron chi connectivity index (χ4n) is 2.95. The molecule has 2 N–H and O–H groups in total. The van der Waals surface area contributed by atoms with Gasteiger partial charge in [-0.2, -0.15) is 0 Å². The Bertz CT molecular complexity index is 530. The number of hydrogen-bond donors (Lipinski definition) is 1. The zero-order chi connectivity index (χ0) is 15.2. The van der Waals surface area contributed by atoms with Gasteiger partial charge in [0.05, 0.1) is 17.7 Å². The fraction of sp³-hybridized carbons (Fsp3) is 0.800. The highest BCUT2D eigenvalue weighted by molar-refractivity contribution is 5.73.